The molecule has 2 aromatic heterocycles. The van der Waals surface area contributed by atoms with Gasteiger partial charge in [-0.3, -0.25) is 5.43 Å². The monoisotopic (exact) mass is 468 g/mol. The lowest BCUT2D eigenvalue weighted by atomic mass is 9.69. The Hall–Kier alpha value is -2.87. The normalized spacial score (nSPS) is 16.1. The van der Waals surface area contributed by atoms with Crippen LogP contribution in [0.25, 0.3) is 10.2 Å². The molecular formula is C25H32N4O3S. The predicted molar refractivity (Wildman–Crippen MR) is 134 cm³/mol. The lowest BCUT2D eigenvalue weighted by Gasteiger charge is -2.36. The van der Waals surface area contributed by atoms with Gasteiger partial charge in [0.15, 0.2) is 17.3 Å². The first-order chi connectivity index (χ1) is 15.9. The van der Waals surface area contributed by atoms with E-state index in [1.165, 1.54) is 23.3 Å². The summed E-state index contributed by atoms with van der Waals surface area (Å²) in [5, 5.41) is 5.58. The molecular weight excluding hydrogens is 436 g/mol. The van der Waals surface area contributed by atoms with E-state index in [-0.39, 0.29) is 0 Å². The van der Waals surface area contributed by atoms with Crippen molar-refractivity contribution in [3.63, 3.8) is 0 Å². The number of nitrogens with zero attached hydrogens (tertiary/aromatic N) is 3. The minimum absolute atomic E-state index is 0.319. The Kier molecular flexibility index (Phi) is 6.74. The van der Waals surface area contributed by atoms with Gasteiger partial charge in [-0.1, -0.05) is 27.2 Å². The average Bonchev–Trinajstić information content (AvgIpc) is 3.22. The fourth-order valence-electron chi connectivity index (χ4n) is 4.49. The number of ether oxygens (including phenoxy) is 3. The molecule has 0 spiro atoms. The molecule has 0 aliphatic heterocycles. The maximum absolute atomic E-state index is 5.43. The van der Waals surface area contributed by atoms with E-state index < -0.39 is 0 Å². The van der Waals surface area contributed by atoms with Gasteiger partial charge in [-0.05, 0) is 48.3 Å². The first-order valence-electron chi connectivity index (χ1n) is 11.3. The number of methoxy groups -OCH3 is 3. The molecule has 0 saturated carbocycles. The zero-order chi connectivity index (χ0) is 23.6. The van der Waals surface area contributed by atoms with Crippen LogP contribution in [0, 0.1) is 11.3 Å². The maximum Gasteiger partial charge on any atom is 0.203 e. The van der Waals surface area contributed by atoms with Gasteiger partial charge in [-0.2, -0.15) is 5.10 Å². The molecule has 2 heterocycles. The molecule has 3 aromatic rings. The van der Waals surface area contributed by atoms with Crippen molar-refractivity contribution < 1.29 is 14.2 Å². The van der Waals surface area contributed by atoms with Crippen molar-refractivity contribution in [1.29, 1.82) is 0 Å². The molecule has 1 N–H and O–H groups in total. The van der Waals surface area contributed by atoms with E-state index in [0.29, 0.717) is 28.6 Å². The zero-order valence-electron chi connectivity index (χ0n) is 20.2. The van der Waals surface area contributed by atoms with Gasteiger partial charge in [0.1, 0.15) is 11.2 Å². The summed E-state index contributed by atoms with van der Waals surface area (Å²) in [5.74, 6) is 3.12. The van der Waals surface area contributed by atoms with Crippen molar-refractivity contribution in [2.24, 2.45) is 16.4 Å². The molecule has 0 bridgehead atoms. The Morgan fingerprint density at radius 3 is 2.52 bits per heavy atom. The van der Waals surface area contributed by atoms with Crippen LogP contribution in [0.4, 0.5) is 5.82 Å². The van der Waals surface area contributed by atoms with Crippen LogP contribution in [0.5, 0.6) is 17.2 Å². The number of hydrazone groups is 1. The van der Waals surface area contributed by atoms with E-state index in [4.69, 9.17) is 14.2 Å². The minimum Gasteiger partial charge on any atom is -0.493 e. The second-order valence-corrected chi connectivity index (χ2v) is 10.1. The maximum atomic E-state index is 5.43. The summed E-state index contributed by atoms with van der Waals surface area (Å²) in [7, 11) is 4.78. The summed E-state index contributed by atoms with van der Waals surface area (Å²) in [5.41, 5.74) is 5.68. The van der Waals surface area contributed by atoms with Crippen LogP contribution < -0.4 is 19.6 Å². The van der Waals surface area contributed by atoms with Gasteiger partial charge < -0.3 is 14.2 Å². The largest absolute Gasteiger partial charge is 0.493 e. The van der Waals surface area contributed by atoms with Crippen LogP contribution in [0.15, 0.2) is 23.6 Å². The Morgan fingerprint density at radius 1 is 1.15 bits per heavy atom. The summed E-state index contributed by atoms with van der Waals surface area (Å²) in [6.45, 7) is 7.05. The van der Waals surface area contributed by atoms with Crippen molar-refractivity contribution in [3.8, 4) is 17.2 Å². The number of thiophene rings is 1. The quantitative estimate of drug-likeness (QED) is 0.337. The SMILES string of the molecule is CCC(C)(C)C1CCc2sc3ncnc(N/N=C\c4cc(OC)c(OC)c(OC)c4)c3c2C1. The van der Waals surface area contributed by atoms with E-state index in [0.717, 1.165) is 34.4 Å². The van der Waals surface area contributed by atoms with Gasteiger partial charge >= 0.3 is 0 Å². The second-order valence-electron chi connectivity index (χ2n) is 9.02. The molecule has 0 radical (unpaired) electrons. The zero-order valence-corrected chi connectivity index (χ0v) is 21.0. The van der Waals surface area contributed by atoms with Gasteiger partial charge in [0.05, 0.1) is 32.9 Å². The van der Waals surface area contributed by atoms with Crippen LogP contribution in [0.2, 0.25) is 0 Å². The molecule has 1 aliphatic rings. The van der Waals surface area contributed by atoms with E-state index in [1.807, 2.05) is 12.1 Å². The van der Waals surface area contributed by atoms with Crippen LogP contribution in [0.3, 0.4) is 0 Å². The molecule has 0 amide bonds. The minimum atomic E-state index is 0.319. The first-order valence-corrected chi connectivity index (χ1v) is 12.1. The second kappa shape index (κ2) is 9.55. The Bertz CT molecular complexity index is 1150. The van der Waals surface area contributed by atoms with Crippen molar-refractivity contribution in [2.75, 3.05) is 26.8 Å². The number of aryl methyl sites for hydroxylation is 1. The highest BCUT2D eigenvalue weighted by molar-refractivity contribution is 7.19. The lowest BCUT2D eigenvalue weighted by Crippen LogP contribution is -2.28. The molecule has 7 nitrogen and oxygen atoms in total. The fourth-order valence-corrected chi connectivity index (χ4v) is 5.68. The summed E-state index contributed by atoms with van der Waals surface area (Å²) in [4.78, 5) is 11.5. The number of nitrogens with one attached hydrogen (secondary N) is 1. The van der Waals surface area contributed by atoms with Crippen molar-refractivity contribution >= 4 is 33.6 Å². The topological polar surface area (TPSA) is 77.9 Å². The van der Waals surface area contributed by atoms with Gasteiger partial charge in [0.25, 0.3) is 0 Å². The van der Waals surface area contributed by atoms with Gasteiger partial charge in [0, 0.05) is 10.4 Å². The molecule has 1 aromatic carbocycles. The molecule has 1 atom stereocenters. The smallest absolute Gasteiger partial charge is 0.203 e. The van der Waals surface area contributed by atoms with Crippen LogP contribution in [-0.4, -0.2) is 37.5 Å². The van der Waals surface area contributed by atoms with Crippen LogP contribution in [0.1, 0.15) is 49.6 Å². The van der Waals surface area contributed by atoms with Gasteiger partial charge in [-0.25, -0.2) is 9.97 Å². The average molecular weight is 469 g/mol. The Morgan fingerprint density at radius 2 is 1.88 bits per heavy atom. The van der Waals surface area contributed by atoms with E-state index >= 15 is 0 Å². The molecule has 0 saturated heterocycles. The highest BCUT2D eigenvalue weighted by Crippen LogP contribution is 2.45. The summed E-state index contributed by atoms with van der Waals surface area (Å²) in [6.07, 6.45) is 7.91. The first kappa shape index (κ1) is 23.3. The molecule has 176 valence electrons. The fraction of sp³-hybridized carbons (Fsp3) is 0.480. The number of hydrogen-bond donors (Lipinski definition) is 1. The number of anilines is 1. The van der Waals surface area contributed by atoms with Gasteiger partial charge in [-0.15, -0.1) is 11.3 Å². The predicted octanol–water partition coefficient (Wildman–Crippen LogP) is 5.70. The summed E-state index contributed by atoms with van der Waals surface area (Å²) < 4.78 is 16.3. The number of benzene rings is 1. The summed E-state index contributed by atoms with van der Waals surface area (Å²) in [6, 6.07) is 3.71. The lowest BCUT2D eigenvalue weighted by molar-refractivity contribution is 0.184. The number of hydrogen-bond acceptors (Lipinski definition) is 8. The standard InChI is InChI=1S/C25H32N4O3S/c1-7-25(2,3)16-8-9-20-17(12-16)21-23(26-14-27-24(21)33-20)29-28-13-15-10-18(30-4)22(32-6)19(11-15)31-5/h10-11,13-14,16H,7-9,12H2,1-6H3,(H,26,27,29)/b28-13-. The van der Waals surface area contributed by atoms with E-state index in [2.05, 4.69) is 41.3 Å². The number of aromatic nitrogens is 2. The highest BCUT2D eigenvalue weighted by atomic mass is 32.1. The van der Waals surface area contributed by atoms with E-state index in [9.17, 15) is 0 Å². The molecule has 33 heavy (non-hydrogen) atoms. The third kappa shape index (κ3) is 4.49. The van der Waals surface area contributed by atoms with Crippen molar-refractivity contribution in [1.82, 2.24) is 9.97 Å². The third-order valence-electron chi connectivity index (χ3n) is 6.93. The molecule has 0 fully saturated rings. The Labute approximate surface area is 199 Å². The number of fused-ring (bicyclic) bond motifs is 3. The van der Waals surface area contributed by atoms with Crippen LogP contribution in [-0.2, 0) is 12.8 Å². The molecule has 8 heteroatoms. The van der Waals surface area contributed by atoms with Crippen molar-refractivity contribution in [2.45, 2.75) is 46.5 Å². The summed E-state index contributed by atoms with van der Waals surface area (Å²) >= 11 is 1.79. The van der Waals surface area contributed by atoms with Crippen LogP contribution >= 0.6 is 11.3 Å². The Balaban J connectivity index is 1.63. The van der Waals surface area contributed by atoms with E-state index in [1.54, 1.807) is 45.2 Å². The highest BCUT2D eigenvalue weighted by Gasteiger charge is 2.33. The molecule has 1 aliphatic carbocycles. The van der Waals surface area contributed by atoms with Crippen molar-refractivity contribution in [3.05, 3.63) is 34.5 Å². The number of rotatable bonds is 8. The molecule has 1 unspecified atom stereocenters. The van der Waals surface area contributed by atoms with Gasteiger partial charge in [0.2, 0.25) is 5.75 Å². The third-order valence-corrected chi connectivity index (χ3v) is 8.13. The molecule has 4 rings (SSSR count).